The second-order valence-corrected chi connectivity index (χ2v) is 7.30. The van der Waals surface area contributed by atoms with Crippen LogP contribution in [-0.2, 0) is 0 Å². The second kappa shape index (κ2) is 7.82. The van der Waals surface area contributed by atoms with E-state index in [1.807, 2.05) is 0 Å². The van der Waals surface area contributed by atoms with Gasteiger partial charge in [0.1, 0.15) is 5.75 Å². The summed E-state index contributed by atoms with van der Waals surface area (Å²) in [5.74, 6) is -1.05. The molecule has 0 radical (unpaired) electrons. The third-order valence-electron chi connectivity index (χ3n) is 4.65. The Bertz CT molecular complexity index is 1170. The van der Waals surface area contributed by atoms with Crippen molar-refractivity contribution in [2.75, 3.05) is 17.3 Å². The van der Waals surface area contributed by atoms with Gasteiger partial charge in [0.15, 0.2) is 0 Å². The molecule has 30 heavy (non-hydrogen) atoms. The van der Waals surface area contributed by atoms with Gasteiger partial charge in [-0.05, 0) is 42.5 Å². The van der Waals surface area contributed by atoms with E-state index in [9.17, 15) is 14.4 Å². The number of hydrogen-bond donors (Lipinski definition) is 1. The molecule has 150 valence electrons. The first kappa shape index (κ1) is 19.9. The minimum Gasteiger partial charge on any atom is -0.494 e. The fourth-order valence-electron chi connectivity index (χ4n) is 3.22. The predicted octanol–water partition coefficient (Wildman–Crippen LogP) is 5.05. The maximum atomic E-state index is 12.7. The van der Waals surface area contributed by atoms with Gasteiger partial charge < -0.3 is 10.1 Å². The summed E-state index contributed by atoms with van der Waals surface area (Å²) in [6, 6.07) is 15.8. The molecule has 1 aliphatic rings. The van der Waals surface area contributed by atoms with E-state index in [4.69, 9.17) is 27.9 Å². The van der Waals surface area contributed by atoms with E-state index in [2.05, 4.69) is 5.32 Å². The van der Waals surface area contributed by atoms with Crippen molar-refractivity contribution >= 4 is 52.3 Å². The number of benzene rings is 3. The molecule has 0 atom stereocenters. The Morgan fingerprint density at radius 3 is 2.20 bits per heavy atom. The summed E-state index contributed by atoms with van der Waals surface area (Å²) in [7, 11) is 1.42. The van der Waals surface area contributed by atoms with Gasteiger partial charge in [-0.1, -0.05) is 35.3 Å². The van der Waals surface area contributed by atoms with Gasteiger partial charge in [-0.2, -0.15) is 0 Å². The number of ether oxygens (including phenoxy) is 1. The molecule has 4 rings (SSSR count). The average Bonchev–Trinajstić information content (AvgIpc) is 2.98. The monoisotopic (exact) mass is 440 g/mol. The van der Waals surface area contributed by atoms with Gasteiger partial charge in [0.05, 0.1) is 34.5 Å². The molecule has 1 N–H and O–H groups in total. The Hall–Kier alpha value is -3.35. The number of carbonyl (C=O) groups excluding carboxylic acids is 3. The van der Waals surface area contributed by atoms with Crippen molar-refractivity contribution in [3.05, 3.63) is 87.4 Å². The number of anilines is 2. The van der Waals surface area contributed by atoms with Gasteiger partial charge >= 0.3 is 0 Å². The van der Waals surface area contributed by atoms with Gasteiger partial charge in [0, 0.05) is 16.8 Å². The molecule has 1 aliphatic heterocycles. The molecule has 0 saturated carbocycles. The van der Waals surface area contributed by atoms with Crippen molar-refractivity contribution in [1.29, 1.82) is 0 Å². The predicted molar refractivity (Wildman–Crippen MR) is 115 cm³/mol. The van der Waals surface area contributed by atoms with Gasteiger partial charge in [0.2, 0.25) is 0 Å². The lowest BCUT2D eigenvalue weighted by molar-refractivity contribution is 0.0923. The maximum Gasteiger partial charge on any atom is 0.266 e. The Kier molecular flexibility index (Phi) is 5.20. The SMILES string of the molecule is COc1cc(NC(=O)c2ccc(Cl)cc2Cl)ccc1N1C(=O)c2ccccc2C1=O. The van der Waals surface area contributed by atoms with E-state index in [0.29, 0.717) is 21.8 Å². The van der Waals surface area contributed by atoms with Crippen LogP contribution in [0.3, 0.4) is 0 Å². The summed E-state index contributed by atoms with van der Waals surface area (Å²) in [6.45, 7) is 0. The van der Waals surface area contributed by atoms with Gasteiger partial charge in [-0.15, -0.1) is 0 Å². The zero-order valence-corrected chi connectivity index (χ0v) is 17.1. The molecule has 3 aromatic carbocycles. The number of nitrogens with zero attached hydrogens (tertiary/aromatic N) is 1. The van der Waals surface area contributed by atoms with Crippen molar-refractivity contribution in [3.63, 3.8) is 0 Å². The van der Waals surface area contributed by atoms with Crippen LogP contribution in [0, 0.1) is 0 Å². The Labute approximate surface area is 182 Å². The molecule has 3 amide bonds. The summed E-state index contributed by atoms with van der Waals surface area (Å²) < 4.78 is 5.38. The smallest absolute Gasteiger partial charge is 0.266 e. The third-order valence-corrected chi connectivity index (χ3v) is 5.20. The number of halogens is 2. The number of amides is 3. The van der Waals surface area contributed by atoms with Crippen molar-refractivity contribution in [1.82, 2.24) is 0 Å². The van der Waals surface area contributed by atoms with E-state index in [1.54, 1.807) is 42.5 Å². The lowest BCUT2D eigenvalue weighted by Gasteiger charge is -2.18. The van der Waals surface area contributed by atoms with Gasteiger partial charge in [-0.25, -0.2) is 4.90 Å². The van der Waals surface area contributed by atoms with E-state index < -0.39 is 17.7 Å². The van der Waals surface area contributed by atoms with Crippen LogP contribution in [0.2, 0.25) is 10.0 Å². The first-order chi connectivity index (χ1) is 14.4. The minimum absolute atomic E-state index is 0.217. The number of nitrogens with one attached hydrogen (secondary N) is 1. The summed E-state index contributed by atoms with van der Waals surface area (Å²) in [4.78, 5) is 39.1. The lowest BCUT2D eigenvalue weighted by atomic mass is 10.1. The Morgan fingerprint density at radius 1 is 0.933 bits per heavy atom. The maximum absolute atomic E-state index is 12.7. The summed E-state index contributed by atoms with van der Waals surface area (Å²) in [6.07, 6.45) is 0. The van der Waals surface area contributed by atoms with Crippen LogP contribution in [0.5, 0.6) is 5.75 Å². The molecule has 1 heterocycles. The van der Waals surface area contributed by atoms with Crippen LogP contribution in [0.4, 0.5) is 11.4 Å². The van der Waals surface area contributed by atoms with Crippen LogP contribution in [0.1, 0.15) is 31.1 Å². The van der Waals surface area contributed by atoms with E-state index >= 15 is 0 Å². The zero-order valence-electron chi connectivity index (χ0n) is 15.6. The number of methoxy groups -OCH3 is 1. The molecule has 0 spiro atoms. The molecular formula is C22H14Cl2N2O4. The number of imide groups is 1. The van der Waals surface area contributed by atoms with Gasteiger partial charge in [0.25, 0.3) is 17.7 Å². The van der Waals surface area contributed by atoms with Crippen molar-refractivity contribution in [2.45, 2.75) is 0 Å². The van der Waals surface area contributed by atoms with Gasteiger partial charge in [-0.3, -0.25) is 14.4 Å². The van der Waals surface area contributed by atoms with E-state index in [1.165, 1.54) is 25.3 Å². The van der Waals surface area contributed by atoms with E-state index in [-0.39, 0.29) is 22.0 Å². The van der Waals surface area contributed by atoms with Crippen molar-refractivity contribution in [3.8, 4) is 5.75 Å². The highest BCUT2D eigenvalue weighted by molar-refractivity contribution is 6.37. The largest absolute Gasteiger partial charge is 0.494 e. The normalized spacial score (nSPS) is 12.7. The minimum atomic E-state index is -0.438. The Balaban J connectivity index is 1.64. The third kappa shape index (κ3) is 3.40. The molecule has 0 aliphatic carbocycles. The number of fused-ring (bicyclic) bond motifs is 1. The molecule has 0 unspecified atom stereocenters. The number of carbonyl (C=O) groups is 3. The molecule has 0 bridgehead atoms. The summed E-state index contributed by atoms with van der Waals surface area (Å²) >= 11 is 12.0. The van der Waals surface area contributed by atoms with Crippen LogP contribution in [0.15, 0.2) is 60.7 Å². The quantitative estimate of drug-likeness (QED) is 0.575. The lowest BCUT2D eigenvalue weighted by Crippen LogP contribution is -2.29. The Morgan fingerprint density at radius 2 is 1.60 bits per heavy atom. The molecule has 8 heteroatoms. The highest BCUT2D eigenvalue weighted by atomic mass is 35.5. The highest BCUT2D eigenvalue weighted by Gasteiger charge is 2.37. The van der Waals surface area contributed by atoms with Crippen LogP contribution in [0.25, 0.3) is 0 Å². The fourth-order valence-corrected chi connectivity index (χ4v) is 3.71. The topological polar surface area (TPSA) is 75.7 Å². The summed E-state index contributed by atoms with van der Waals surface area (Å²) in [5, 5.41) is 3.35. The molecule has 0 fully saturated rings. The van der Waals surface area contributed by atoms with Crippen LogP contribution >= 0.6 is 23.2 Å². The zero-order chi connectivity index (χ0) is 21.4. The van der Waals surface area contributed by atoms with Crippen molar-refractivity contribution < 1.29 is 19.1 Å². The second-order valence-electron chi connectivity index (χ2n) is 6.46. The van der Waals surface area contributed by atoms with Crippen LogP contribution in [-0.4, -0.2) is 24.8 Å². The standard InChI is InChI=1S/C22H14Cl2N2O4/c1-30-19-11-13(25-20(27)16-8-6-12(23)10-17(16)24)7-9-18(19)26-21(28)14-4-2-3-5-15(14)22(26)29/h2-11H,1H3,(H,25,27). The van der Waals surface area contributed by atoms with Crippen molar-refractivity contribution in [2.24, 2.45) is 0 Å². The molecule has 0 aromatic heterocycles. The van der Waals surface area contributed by atoms with E-state index in [0.717, 1.165) is 4.90 Å². The van der Waals surface area contributed by atoms with Crippen LogP contribution < -0.4 is 15.0 Å². The average molecular weight is 441 g/mol. The molecular weight excluding hydrogens is 427 g/mol. The number of rotatable bonds is 4. The first-order valence-corrected chi connectivity index (χ1v) is 9.58. The molecule has 0 saturated heterocycles. The first-order valence-electron chi connectivity index (χ1n) is 8.83. The molecule has 6 nitrogen and oxygen atoms in total. The highest BCUT2D eigenvalue weighted by Crippen LogP contribution is 2.36. The molecule has 3 aromatic rings. The summed E-state index contributed by atoms with van der Waals surface area (Å²) in [5.41, 5.74) is 1.61. The fraction of sp³-hybridized carbons (Fsp3) is 0.0455. The number of hydrogen-bond acceptors (Lipinski definition) is 4.